The maximum absolute atomic E-state index is 5.94. The van der Waals surface area contributed by atoms with Crippen molar-refractivity contribution < 1.29 is 0 Å². The van der Waals surface area contributed by atoms with Gasteiger partial charge in [-0.1, -0.05) is 32.4 Å². The molecule has 0 unspecified atom stereocenters. The zero-order valence-electron chi connectivity index (χ0n) is 11.2. The summed E-state index contributed by atoms with van der Waals surface area (Å²) in [6, 6.07) is 3.79. The van der Waals surface area contributed by atoms with E-state index in [1.165, 1.54) is 0 Å². The Morgan fingerprint density at radius 1 is 1.28 bits per heavy atom. The number of hydrogen-bond donors (Lipinski definition) is 1. The first-order chi connectivity index (χ1) is 8.44. The highest BCUT2D eigenvalue weighted by molar-refractivity contribution is 6.30. The van der Waals surface area contributed by atoms with Crippen LogP contribution in [0, 0.1) is 5.41 Å². The minimum Gasteiger partial charge on any atom is -0.311 e. The molecule has 2 rings (SSSR count). The number of nitrogens with one attached hydrogen (secondary N) is 1. The fourth-order valence-electron chi connectivity index (χ4n) is 1.78. The van der Waals surface area contributed by atoms with Crippen molar-refractivity contribution >= 4 is 17.2 Å². The SMILES string of the molecule is CC(C)(C)CCNCc1cn2cc(Cl)ccc2n1. The molecule has 0 saturated carbocycles. The topological polar surface area (TPSA) is 29.3 Å². The zero-order valence-corrected chi connectivity index (χ0v) is 12.0. The molecule has 0 bridgehead atoms. The Kier molecular flexibility index (Phi) is 3.93. The van der Waals surface area contributed by atoms with Crippen LogP contribution in [0.3, 0.4) is 0 Å². The summed E-state index contributed by atoms with van der Waals surface area (Å²) in [5.74, 6) is 0. The largest absolute Gasteiger partial charge is 0.311 e. The van der Waals surface area contributed by atoms with Gasteiger partial charge in [-0.2, -0.15) is 0 Å². The lowest BCUT2D eigenvalue weighted by Gasteiger charge is -2.17. The van der Waals surface area contributed by atoms with Gasteiger partial charge in [-0.25, -0.2) is 4.98 Å². The molecule has 2 heterocycles. The molecule has 0 fully saturated rings. The van der Waals surface area contributed by atoms with Gasteiger partial charge in [-0.15, -0.1) is 0 Å². The molecule has 0 atom stereocenters. The molecule has 0 radical (unpaired) electrons. The highest BCUT2D eigenvalue weighted by Gasteiger charge is 2.09. The monoisotopic (exact) mass is 265 g/mol. The van der Waals surface area contributed by atoms with Gasteiger partial charge < -0.3 is 9.72 Å². The Morgan fingerprint density at radius 3 is 2.78 bits per heavy atom. The van der Waals surface area contributed by atoms with Crippen molar-refractivity contribution in [1.29, 1.82) is 0 Å². The molecule has 18 heavy (non-hydrogen) atoms. The van der Waals surface area contributed by atoms with E-state index in [0.29, 0.717) is 5.41 Å². The maximum atomic E-state index is 5.94. The molecule has 0 aromatic carbocycles. The van der Waals surface area contributed by atoms with E-state index >= 15 is 0 Å². The first-order valence-corrected chi connectivity index (χ1v) is 6.66. The quantitative estimate of drug-likeness (QED) is 0.858. The van der Waals surface area contributed by atoms with Gasteiger partial charge >= 0.3 is 0 Å². The molecule has 0 aliphatic carbocycles. The normalized spacial score (nSPS) is 12.2. The molecular weight excluding hydrogens is 246 g/mol. The minimum absolute atomic E-state index is 0.374. The second kappa shape index (κ2) is 5.29. The van der Waals surface area contributed by atoms with Crippen LogP contribution >= 0.6 is 11.6 Å². The molecule has 0 saturated heterocycles. The van der Waals surface area contributed by atoms with Gasteiger partial charge in [-0.3, -0.25) is 0 Å². The van der Waals surface area contributed by atoms with Gasteiger partial charge in [0.1, 0.15) is 5.65 Å². The lowest BCUT2D eigenvalue weighted by atomic mass is 9.92. The van der Waals surface area contributed by atoms with Gasteiger partial charge in [-0.05, 0) is 30.5 Å². The van der Waals surface area contributed by atoms with Crippen molar-refractivity contribution in [3.63, 3.8) is 0 Å². The third-order valence-corrected chi connectivity index (χ3v) is 3.05. The fourth-order valence-corrected chi connectivity index (χ4v) is 1.95. The van der Waals surface area contributed by atoms with Crippen molar-refractivity contribution in [2.75, 3.05) is 6.54 Å². The summed E-state index contributed by atoms with van der Waals surface area (Å²) < 4.78 is 1.96. The summed E-state index contributed by atoms with van der Waals surface area (Å²) in [6.45, 7) is 8.57. The average Bonchev–Trinajstić information content (AvgIpc) is 2.65. The lowest BCUT2D eigenvalue weighted by Crippen LogP contribution is -2.20. The summed E-state index contributed by atoms with van der Waals surface area (Å²) in [4.78, 5) is 4.53. The zero-order chi connectivity index (χ0) is 13.2. The van der Waals surface area contributed by atoms with Crippen molar-refractivity contribution in [3.05, 3.63) is 35.2 Å². The van der Waals surface area contributed by atoms with E-state index in [1.54, 1.807) is 0 Å². The average molecular weight is 266 g/mol. The van der Waals surface area contributed by atoms with Crippen LogP contribution < -0.4 is 5.32 Å². The fraction of sp³-hybridized carbons (Fsp3) is 0.500. The molecule has 0 aliphatic rings. The Labute approximate surface area is 113 Å². The summed E-state index contributed by atoms with van der Waals surface area (Å²) in [5, 5.41) is 4.15. The molecule has 1 N–H and O–H groups in total. The van der Waals surface area contributed by atoms with Crippen LogP contribution in [0.25, 0.3) is 5.65 Å². The van der Waals surface area contributed by atoms with Gasteiger partial charge in [0.15, 0.2) is 0 Å². The van der Waals surface area contributed by atoms with Gasteiger partial charge in [0, 0.05) is 18.9 Å². The van der Waals surface area contributed by atoms with Crippen LogP contribution in [-0.2, 0) is 6.54 Å². The molecular formula is C14H20ClN3. The van der Waals surface area contributed by atoms with Crippen LogP contribution in [-0.4, -0.2) is 15.9 Å². The first-order valence-electron chi connectivity index (χ1n) is 6.28. The van der Waals surface area contributed by atoms with Gasteiger partial charge in [0.25, 0.3) is 0 Å². The van der Waals surface area contributed by atoms with E-state index in [9.17, 15) is 0 Å². The molecule has 0 spiro atoms. The number of halogens is 1. The van der Waals surface area contributed by atoms with Gasteiger partial charge in [0.2, 0.25) is 0 Å². The summed E-state index contributed by atoms with van der Waals surface area (Å²) in [5.41, 5.74) is 2.36. The molecule has 0 aliphatic heterocycles. The predicted octanol–water partition coefficient (Wildman–Crippen LogP) is 3.51. The number of imidazole rings is 1. The minimum atomic E-state index is 0.374. The van der Waals surface area contributed by atoms with Gasteiger partial charge in [0.05, 0.1) is 10.7 Å². The first kappa shape index (κ1) is 13.4. The van der Waals surface area contributed by atoms with Crippen LogP contribution in [0.4, 0.5) is 0 Å². The van der Waals surface area contributed by atoms with E-state index in [-0.39, 0.29) is 0 Å². The van der Waals surface area contributed by atoms with E-state index in [4.69, 9.17) is 11.6 Å². The maximum Gasteiger partial charge on any atom is 0.137 e. The highest BCUT2D eigenvalue weighted by Crippen LogP contribution is 2.17. The third-order valence-electron chi connectivity index (χ3n) is 2.82. The van der Waals surface area contributed by atoms with E-state index in [1.807, 2.05) is 28.9 Å². The van der Waals surface area contributed by atoms with Crippen LogP contribution in [0.2, 0.25) is 5.02 Å². The van der Waals surface area contributed by atoms with E-state index < -0.39 is 0 Å². The van der Waals surface area contributed by atoms with Crippen molar-refractivity contribution in [3.8, 4) is 0 Å². The molecule has 98 valence electrons. The lowest BCUT2D eigenvalue weighted by molar-refractivity contribution is 0.366. The second-order valence-corrected chi connectivity index (χ2v) is 6.27. The number of pyridine rings is 1. The van der Waals surface area contributed by atoms with Crippen LogP contribution in [0.5, 0.6) is 0 Å². The van der Waals surface area contributed by atoms with E-state index in [2.05, 4.69) is 31.1 Å². The Hall–Kier alpha value is -1.06. The van der Waals surface area contributed by atoms with Crippen molar-refractivity contribution in [2.24, 2.45) is 5.41 Å². The number of hydrogen-bond acceptors (Lipinski definition) is 2. The van der Waals surface area contributed by atoms with Crippen LogP contribution in [0.1, 0.15) is 32.9 Å². The Balaban J connectivity index is 1.92. The number of nitrogens with zero attached hydrogens (tertiary/aromatic N) is 2. The summed E-state index contributed by atoms with van der Waals surface area (Å²) >= 11 is 5.94. The molecule has 2 aromatic heterocycles. The Bertz CT molecular complexity index is 525. The smallest absolute Gasteiger partial charge is 0.137 e. The van der Waals surface area contributed by atoms with Crippen molar-refractivity contribution in [2.45, 2.75) is 33.7 Å². The number of rotatable bonds is 4. The van der Waals surface area contributed by atoms with Crippen LogP contribution in [0.15, 0.2) is 24.5 Å². The molecule has 0 amide bonds. The Morgan fingerprint density at radius 2 is 2.06 bits per heavy atom. The second-order valence-electron chi connectivity index (χ2n) is 5.83. The van der Waals surface area contributed by atoms with Crippen molar-refractivity contribution in [1.82, 2.24) is 14.7 Å². The molecule has 3 nitrogen and oxygen atoms in total. The van der Waals surface area contributed by atoms with E-state index in [0.717, 1.165) is 35.9 Å². The molecule has 4 heteroatoms. The highest BCUT2D eigenvalue weighted by atomic mass is 35.5. The predicted molar refractivity (Wildman–Crippen MR) is 76.0 cm³/mol. The summed E-state index contributed by atoms with van der Waals surface area (Å²) in [7, 11) is 0. The molecule has 2 aromatic rings. The third kappa shape index (κ3) is 3.72. The number of fused-ring (bicyclic) bond motifs is 1. The summed E-state index contributed by atoms with van der Waals surface area (Å²) in [6.07, 6.45) is 5.06. The number of aromatic nitrogens is 2. The standard InChI is InChI=1S/C14H20ClN3/c1-14(2,3)6-7-16-8-12-10-18-9-11(15)4-5-13(18)17-12/h4-5,9-10,16H,6-8H2,1-3H3.